The predicted molar refractivity (Wildman–Crippen MR) is 115 cm³/mol. The lowest BCUT2D eigenvalue weighted by molar-refractivity contribution is -0.113. The number of carbonyl (C=O) groups is 1. The van der Waals surface area contributed by atoms with Crippen LogP contribution >= 0.6 is 35.0 Å². The first kappa shape index (κ1) is 18.9. The van der Waals surface area contributed by atoms with E-state index in [1.807, 2.05) is 24.3 Å². The Balaban J connectivity index is 1.44. The minimum Gasteiger partial charge on any atom is -0.436 e. The van der Waals surface area contributed by atoms with Gasteiger partial charge in [-0.05, 0) is 66.7 Å². The number of nitrogens with zero attached hydrogens (tertiary/aromatic N) is 1. The standard InChI is InChI=1S/C21H14Cl2N2O2S/c22-14-3-1-13(2-4-14)21-25-18-11-16(7-10-19(18)27-21)24-20(26)12-28-17-8-5-15(23)6-9-17/h1-11H,12H2,(H,24,26). The average molecular weight is 429 g/mol. The number of benzene rings is 3. The monoisotopic (exact) mass is 428 g/mol. The van der Waals surface area contributed by atoms with Crippen molar-refractivity contribution >= 4 is 57.7 Å². The highest BCUT2D eigenvalue weighted by Gasteiger charge is 2.10. The van der Waals surface area contributed by atoms with Crippen molar-refractivity contribution in [2.45, 2.75) is 4.90 Å². The van der Waals surface area contributed by atoms with Crippen molar-refractivity contribution in [3.05, 3.63) is 76.8 Å². The molecule has 0 saturated carbocycles. The fourth-order valence-electron chi connectivity index (χ4n) is 2.60. The third-order valence-electron chi connectivity index (χ3n) is 3.95. The van der Waals surface area contributed by atoms with Gasteiger partial charge in [0.25, 0.3) is 0 Å². The molecule has 7 heteroatoms. The Kier molecular flexibility index (Phi) is 5.57. The average Bonchev–Trinajstić information content (AvgIpc) is 3.11. The Bertz CT molecular complexity index is 1130. The molecule has 0 spiro atoms. The molecule has 0 aliphatic heterocycles. The first-order chi connectivity index (χ1) is 13.6. The van der Waals surface area contributed by atoms with E-state index in [0.717, 1.165) is 10.5 Å². The summed E-state index contributed by atoms with van der Waals surface area (Å²) in [6.07, 6.45) is 0. The van der Waals surface area contributed by atoms with E-state index in [9.17, 15) is 4.79 Å². The molecule has 0 aliphatic rings. The van der Waals surface area contributed by atoms with Crippen LogP contribution in [0.3, 0.4) is 0 Å². The van der Waals surface area contributed by atoms with E-state index < -0.39 is 0 Å². The molecule has 4 rings (SSSR count). The van der Waals surface area contributed by atoms with Gasteiger partial charge in [-0.2, -0.15) is 0 Å². The molecule has 0 aliphatic carbocycles. The van der Waals surface area contributed by atoms with Crippen molar-refractivity contribution in [2.24, 2.45) is 0 Å². The Morgan fingerprint density at radius 2 is 1.64 bits per heavy atom. The predicted octanol–water partition coefficient (Wildman–Crippen LogP) is 6.53. The summed E-state index contributed by atoms with van der Waals surface area (Å²) in [6, 6.07) is 20.0. The van der Waals surface area contributed by atoms with E-state index >= 15 is 0 Å². The van der Waals surface area contributed by atoms with E-state index in [4.69, 9.17) is 27.6 Å². The number of hydrogen-bond acceptors (Lipinski definition) is 4. The molecule has 0 bridgehead atoms. The van der Waals surface area contributed by atoms with Crippen molar-refractivity contribution in [3.8, 4) is 11.5 Å². The van der Waals surface area contributed by atoms with Crippen molar-refractivity contribution in [2.75, 3.05) is 11.1 Å². The van der Waals surface area contributed by atoms with Crippen LogP contribution in [-0.2, 0) is 4.79 Å². The van der Waals surface area contributed by atoms with Crippen LogP contribution in [-0.4, -0.2) is 16.6 Å². The third-order valence-corrected chi connectivity index (χ3v) is 5.46. The molecule has 140 valence electrons. The summed E-state index contributed by atoms with van der Waals surface area (Å²) >= 11 is 13.2. The lowest BCUT2D eigenvalue weighted by Crippen LogP contribution is -2.13. The minimum absolute atomic E-state index is 0.0966. The summed E-state index contributed by atoms with van der Waals surface area (Å²) in [5.41, 5.74) is 2.84. The second kappa shape index (κ2) is 8.27. The number of nitrogens with one attached hydrogen (secondary N) is 1. The van der Waals surface area contributed by atoms with E-state index in [2.05, 4.69) is 10.3 Å². The molecule has 1 aromatic heterocycles. The molecule has 28 heavy (non-hydrogen) atoms. The number of amides is 1. The first-order valence-corrected chi connectivity index (χ1v) is 10.2. The highest BCUT2D eigenvalue weighted by molar-refractivity contribution is 8.00. The van der Waals surface area contributed by atoms with Crippen LogP contribution in [0.4, 0.5) is 5.69 Å². The quantitative estimate of drug-likeness (QED) is 0.367. The molecule has 4 nitrogen and oxygen atoms in total. The van der Waals surface area contributed by atoms with E-state index in [0.29, 0.717) is 38.5 Å². The topological polar surface area (TPSA) is 55.1 Å². The molecule has 0 saturated heterocycles. The van der Waals surface area contributed by atoms with Crippen LogP contribution < -0.4 is 5.32 Å². The number of aromatic nitrogens is 1. The van der Waals surface area contributed by atoms with Gasteiger partial charge in [0, 0.05) is 26.2 Å². The highest BCUT2D eigenvalue weighted by Crippen LogP contribution is 2.27. The summed E-state index contributed by atoms with van der Waals surface area (Å²) in [4.78, 5) is 17.7. The van der Waals surface area contributed by atoms with Crippen LogP contribution in [0.1, 0.15) is 0 Å². The zero-order valence-corrected chi connectivity index (χ0v) is 16.8. The van der Waals surface area contributed by atoms with Crippen LogP contribution in [0.25, 0.3) is 22.6 Å². The summed E-state index contributed by atoms with van der Waals surface area (Å²) in [7, 11) is 0. The molecular weight excluding hydrogens is 415 g/mol. The molecular formula is C21H14Cl2N2O2S. The number of halogens is 2. The van der Waals surface area contributed by atoms with Crippen LogP contribution in [0.15, 0.2) is 76.0 Å². The summed E-state index contributed by atoms with van der Waals surface area (Å²) in [5.74, 6) is 0.711. The maximum absolute atomic E-state index is 12.2. The van der Waals surface area contributed by atoms with Crippen molar-refractivity contribution in [3.63, 3.8) is 0 Å². The third kappa shape index (κ3) is 4.50. The normalized spacial score (nSPS) is 10.9. The molecule has 1 N–H and O–H groups in total. The smallest absolute Gasteiger partial charge is 0.234 e. The lowest BCUT2D eigenvalue weighted by atomic mass is 10.2. The van der Waals surface area contributed by atoms with Gasteiger partial charge in [-0.1, -0.05) is 23.2 Å². The van der Waals surface area contributed by atoms with Gasteiger partial charge in [0.1, 0.15) is 5.52 Å². The molecule has 0 unspecified atom stereocenters. The molecule has 0 atom stereocenters. The Morgan fingerprint density at radius 1 is 0.964 bits per heavy atom. The molecule has 0 radical (unpaired) electrons. The van der Waals surface area contributed by atoms with Gasteiger partial charge in [0.2, 0.25) is 11.8 Å². The maximum Gasteiger partial charge on any atom is 0.234 e. The van der Waals surface area contributed by atoms with E-state index in [1.54, 1.807) is 42.5 Å². The van der Waals surface area contributed by atoms with Gasteiger partial charge in [0.15, 0.2) is 5.58 Å². The Labute approximate surface area is 175 Å². The number of carbonyl (C=O) groups excluding carboxylic acids is 1. The number of oxazole rings is 1. The summed E-state index contributed by atoms with van der Waals surface area (Å²) in [5, 5.41) is 4.22. The zero-order valence-electron chi connectivity index (χ0n) is 14.5. The SMILES string of the molecule is O=C(CSc1ccc(Cl)cc1)Nc1ccc2oc(-c3ccc(Cl)cc3)nc2c1. The largest absolute Gasteiger partial charge is 0.436 e. The Hall–Kier alpha value is -2.47. The van der Waals surface area contributed by atoms with Gasteiger partial charge in [-0.25, -0.2) is 4.98 Å². The zero-order chi connectivity index (χ0) is 19.5. The number of rotatable bonds is 5. The number of thioether (sulfide) groups is 1. The Morgan fingerprint density at radius 3 is 2.36 bits per heavy atom. The highest BCUT2D eigenvalue weighted by atomic mass is 35.5. The summed E-state index contributed by atoms with van der Waals surface area (Å²) < 4.78 is 5.79. The van der Waals surface area contributed by atoms with Crippen molar-refractivity contribution in [1.29, 1.82) is 0 Å². The number of hydrogen-bond donors (Lipinski definition) is 1. The molecule has 3 aromatic carbocycles. The fourth-order valence-corrected chi connectivity index (χ4v) is 3.55. The van der Waals surface area contributed by atoms with Gasteiger partial charge < -0.3 is 9.73 Å². The van der Waals surface area contributed by atoms with E-state index in [-0.39, 0.29) is 5.91 Å². The van der Waals surface area contributed by atoms with Crippen molar-refractivity contribution in [1.82, 2.24) is 4.98 Å². The van der Waals surface area contributed by atoms with Crippen LogP contribution in [0.2, 0.25) is 10.0 Å². The first-order valence-electron chi connectivity index (χ1n) is 8.41. The second-order valence-electron chi connectivity index (χ2n) is 6.00. The van der Waals surface area contributed by atoms with Crippen LogP contribution in [0.5, 0.6) is 0 Å². The minimum atomic E-state index is -0.0966. The van der Waals surface area contributed by atoms with Gasteiger partial charge >= 0.3 is 0 Å². The number of anilines is 1. The number of fused-ring (bicyclic) bond motifs is 1. The molecule has 0 fully saturated rings. The van der Waals surface area contributed by atoms with Gasteiger partial charge in [0.05, 0.1) is 5.75 Å². The van der Waals surface area contributed by atoms with E-state index in [1.165, 1.54) is 11.8 Å². The molecule has 1 amide bonds. The van der Waals surface area contributed by atoms with Gasteiger partial charge in [-0.3, -0.25) is 4.79 Å². The summed E-state index contributed by atoms with van der Waals surface area (Å²) in [6.45, 7) is 0. The second-order valence-corrected chi connectivity index (χ2v) is 7.92. The molecule has 1 heterocycles. The van der Waals surface area contributed by atoms with Crippen LogP contribution in [0, 0.1) is 0 Å². The van der Waals surface area contributed by atoms with Gasteiger partial charge in [-0.15, -0.1) is 11.8 Å². The maximum atomic E-state index is 12.2. The fraction of sp³-hybridized carbons (Fsp3) is 0.0476. The molecule has 4 aromatic rings. The lowest BCUT2D eigenvalue weighted by Gasteiger charge is -2.05. The van der Waals surface area contributed by atoms with Crippen molar-refractivity contribution < 1.29 is 9.21 Å².